The number of carbonyl (C=O) groups excluding carboxylic acids is 3. The maximum Gasteiger partial charge on any atom is 0.331 e. The standard InChI is InChI=1S/C23H29N9O3S/c1-3-7-30(23(35)25-2)31-12-19(33)32-16(8-15-9-26-13-27-15)21(34)29(11-18(31)32)10-14-5-4-6-17-20(14)28-22(24)36-17/h4-6,9,13,16,18H,3,7-8,10-12H2,1-2H3,(H2,24,28)(H,25,35)(H,26,27)/t16-,18+/m0/s1. The van der Waals surface area contributed by atoms with Gasteiger partial charge in [0.05, 0.1) is 29.6 Å². The molecule has 1 aromatic carbocycles. The predicted molar refractivity (Wildman–Crippen MR) is 134 cm³/mol. The summed E-state index contributed by atoms with van der Waals surface area (Å²) in [6, 6.07) is 4.81. The summed E-state index contributed by atoms with van der Waals surface area (Å²) in [7, 11) is 1.57. The molecule has 0 saturated carbocycles. The van der Waals surface area contributed by atoms with Crippen LogP contribution < -0.4 is 11.1 Å². The van der Waals surface area contributed by atoms with Gasteiger partial charge in [-0.2, -0.15) is 5.01 Å². The van der Waals surface area contributed by atoms with Gasteiger partial charge in [-0.25, -0.2) is 14.8 Å². The van der Waals surface area contributed by atoms with Crippen molar-refractivity contribution in [3.63, 3.8) is 0 Å². The van der Waals surface area contributed by atoms with Crippen LogP contribution in [0.15, 0.2) is 30.7 Å². The highest BCUT2D eigenvalue weighted by Gasteiger charge is 2.52. The second-order valence-corrected chi connectivity index (χ2v) is 9.95. The summed E-state index contributed by atoms with van der Waals surface area (Å²) in [5.74, 6) is -0.338. The number of fused-ring (bicyclic) bond motifs is 2. The molecule has 2 saturated heterocycles. The summed E-state index contributed by atoms with van der Waals surface area (Å²) in [6.07, 6.45) is 3.75. The zero-order chi connectivity index (χ0) is 25.4. The van der Waals surface area contributed by atoms with Crippen molar-refractivity contribution in [2.75, 3.05) is 32.4 Å². The van der Waals surface area contributed by atoms with Crippen molar-refractivity contribution in [1.29, 1.82) is 0 Å². The fraction of sp³-hybridized carbons (Fsp3) is 0.435. The summed E-state index contributed by atoms with van der Waals surface area (Å²) in [6.45, 7) is 3.03. The Balaban J connectivity index is 1.51. The number of aromatic amines is 1. The summed E-state index contributed by atoms with van der Waals surface area (Å²) >= 11 is 1.40. The average Bonchev–Trinajstić information content (AvgIpc) is 3.58. The van der Waals surface area contributed by atoms with E-state index < -0.39 is 12.2 Å². The molecule has 0 bridgehead atoms. The molecule has 2 aliphatic heterocycles. The maximum absolute atomic E-state index is 13.8. The van der Waals surface area contributed by atoms with E-state index in [1.165, 1.54) is 11.3 Å². The summed E-state index contributed by atoms with van der Waals surface area (Å²) in [5, 5.41) is 6.50. The first-order chi connectivity index (χ1) is 17.4. The van der Waals surface area contributed by atoms with Gasteiger partial charge >= 0.3 is 6.03 Å². The summed E-state index contributed by atoms with van der Waals surface area (Å²) in [4.78, 5) is 54.8. The number of carbonyl (C=O) groups is 3. The number of hydrogen-bond acceptors (Lipinski definition) is 8. The number of hydrazine groups is 1. The van der Waals surface area contributed by atoms with Crippen LogP contribution >= 0.6 is 11.3 Å². The molecule has 3 aromatic rings. The van der Waals surface area contributed by atoms with Gasteiger partial charge in [0.15, 0.2) is 5.13 Å². The van der Waals surface area contributed by atoms with E-state index in [0.717, 1.165) is 27.9 Å². The van der Waals surface area contributed by atoms with E-state index in [1.807, 2.05) is 25.1 Å². The van der Waals surface area contributed by atoms with Crippen LogP contribution in [0.3, 0.4) is 0 Å². The Morgan fingerprint density at radius 2 is 2.19 bits per heavy atom. The molecule has 2 aliphatic rings. The highest BCUT2D eigenvalue weighted by Crippen LogP contribution is 2.32. The van der Waals surface area contributed by atoms with Gasteiger partial charge < -0.3 is 25.8 Å². The number of para-hydroxylation sites is 1. The smallest absolute Gasteiger partial charge is 0.331 e. The van der Waals surface area contributed by atoms with Crippen molar-refractivity contribution in [3.8, 4) is 0 Å². The number of nitrogens with two attached hydrogens (primary N) is 1. The van der Waals surface area contributed by atoms with Crippen molar-refractivity contribution in [2.24, 2.45) is 0 Å². The van der Waals surface area contributed by atoms with Crippen LogP contribution in [0.2, 0.25) is 0 Å². The Morgan fingerprint density at radius 1 is 1.36 bits per heavy atom. The largest absolute Gasteiger partial charge is 0.375 e. The Bertz CT molecular complexity index is 1280. The molecule has 0 unspecified atom stereocenters. The molecule has 4 N–H and O–H groups in total. The number of thiazole rings is 1. The summed E-state index contributed by atoms with van der Waals surface area (Å²) < 4.78 is 0.955. The molecule has 0 radical (unpaired) electrons. The maximum atomic E-state index is 13.8. The van der Waals surface area contributed by atoms with Gasteiger partial charge in [0.2, 0.25) is 11.8 Å². The quantitative estimate of drug-likeness (QED) is 0.429. The molecule has 0 aliphatic carbocycles. The number of nitrogen functional groups attached to an aromatic ring is 1. The number of benzene rings is 1. The Labute approximate surface area is 212 Å². The first-order valence-electron chi connectivity index (χ1n) is 11.9. The topological polar surface area (TPSA) is 144 Å². The predicted octanol–water partition coefficient (Wildman–Crippen LogP) is 0.992. The van der Waals surface area contributed by atoms with Gasteiger partial charge in [-0.15, -0.1) is 0 Å². The Kier molecular flexibility index (Phi) is 6.49. The van der Waals surface area contributed by atoms with E-state index in [9.17, 15) is 14.4 Å². The molecule has 2 fully saturated rings. The van der Waals surface area contributed by atoms with Crippen LogP contribution in [0.25, 0.3) is 10.2 Å². The van der Waals surface area contributed by atoms with Crippen LogP contribution in [-0.2, 0) is 22.6 Å². The minimum absolute atomic E-state index is 0.0247. The van der Waals surface area contributed by atoms with Crippen LogP contribution in [0.4, 0.5) is 9.93 Å². The van der Waals surface area contributed by atoms with Crippen molar-refractivity contribution in [2.45, 2.75) is 38.5 Å². The van der Waals surface area contributed by atoms with Crippen molar-refractivity contribution >= 4 is 44.5 Å². The first-order valence-corrected chi connectivity index (χ1v) is 12.7. The number of nitrogens with one attached hydrogen (secondary N) is 2. The minimum Gasteiger partial charge on any atom is -0.375 e. The average molecular weight is 512 g/mol. The van der Waals surface area contributed by atoms with Crippen LogP contribution in [0.5, 0.6) is 0 Å². The van der Waals surface area contributed by atoms with Gasteiger partial charge in [0.1, 0.15) is 12.2 Å². The van der Waals surface area contributed by atoms with Crippen LogP contribution in [-0.4, -0.2) is 91.5 Å². The van der Waals surface area contributed by atoms with Gasteiger partial charge in [-0.1, -0.05) is 30.4 Å². The monoisotopic (exact) mass is 511 g/mol. The van der Waals surface area contributed by atoms with Gasteiger partial charge in [-0.05, 0) is 18.1 Å². The number of aromatic nitrogens is 3. The third kappa shape index (κ3) is 4.24. The number of nitrogens with zero attached hydrogens (tertiary/aromatic N) is 6. The second-order valence-electron chi connectivity index (χ2n) is 8.89. The third-order valence-electron chi connectivity index (χ3n) is 6.61. The number of H-pyrrole nitrogens is 1. The van der Waals surface area contributed by atoms with Gasteiger partial charge in [0.25, 0.3) is 0 Å². The number of amides is 4. The van der Waals surface area contributed by atoms with Crippen molar-refractivity contribution in [1.82, 2.24) is 40.1 Å². The van der Waals surface area contributed by atoms with Gasteiger partial charge in [-0.3, -0.25) is 14.6 Å². The number of rotatable bonds is 7. The Hall–Kier alpha value is -3.71. The molecular formula is C23H29N9O3S. The highest BCUT2D eigenvalue weighted by atomic mass is 32.1. The molecule has 4 heterocycles. The van der Waals surface area contributed by atoms with E-state index in [0.29, 0.717) is 24.6 Å². The number of imidazole rings is 1. The molecular weight excluding hydrogens is 482 g/mol. The number of anilines is 1. The van der Waals surface area contributed by atoms with E-state index in [-0.39, 0.29) is 30.9 Å². The molecule has 2 aromatic heterocycles. The Morgan fingerprint density at radius 3 is 2.92 bits per heavy atom. The normalized spacial score (nSPS) is 20.3. The van der Waals surface area contributed by atoms with E-state index in [2.05, 4.69) is 20.3 Å². The lowest BCUT2D eigenvalue weighted by atomic mass is 10.0. The lowest BCUT2D eigenvalue weighted by Gasteiger charge is -2.46. The molecule has 4 amide bonds. The first kappa shape index (κ1) is 24.0. The molecule has 36 heavy (non-hydrogen) atoms. The molecule has 190 valence electrons. The molecule has 2 atom stereocenters. The lowest BCUT2D eigenvalue weighted by Crippen LogP contribution is -2.66. The number of hydrogen-bond donors (Lipinski definition) is 3. The SMILES string of the molecule is CCCN(C(=O)NC)N1CC(=O)N2[C@@H](Cc3cnc[nH]3)C(=O)N(Cc3cccc4sc(N)nc34)C[C@@H]21. The molecule has 12 nitrogen and oxygen atoms in total. The van der Waals surface area contributed by atoms with Crippen molar-refractivity contribution in [3.05, 3.63) is 42.0 Å². The lowest BCUT2D eigenvalue weighted by molar-refractivity contribution is -0.157. The molecule has 13 heteroatoms. The zero-order valence-corrected chi connectivity index (χ0v) is 21.0. The van der Waals surface area contributed by atoms with E-state index in [1.54, 1.807) is 39.4 Å². The minimum atomic E-state index is -0.727. The fourth-order valence-corrected chi connectivity index (χ4v) is 5.82. The second kappa shape index (κ2) is 9.74. The molecule has 5 rings (SSSR count). The number of piperazine rings is 1. The van der Waals surface area contributed by atoms with Gasteiger partial charge in [0, 0.05) is 38.4 Å². The zero-order valence-electron chi connectivity index (χ0n) is 20.2. The van der Waals surface area contributed by atoms with E-state index in [4.69, 9.17) is 5.73 Å². The van der Waals surface area contributed by atoms with Crippen LogP contribution in [0, 0.1) is 0 Å². The van der Waals surface area contributed by atoms with E-state index >= 15 is 0 Å². The third-order valence-corrected chi connectivity index (χ3v) is 7.46. The highest BCUT2D eigenvalue weighted by molar-refractivity contribution is 7.22. The van der Waals surface area contributed by atoms with Crippen LogP contribution in [0.1, 0.15) is 24.6 Å². The fourth-order valence-electron chi connectivity index (χ4n) is 5.04. The molecule has 0 spiro atoms. The summed E-state index contributed by atoms with van der Waals surface area (Å²) in [5.41, 5.74) is 8.36. The number of urea groups is 1. The van der Waals surface area contributed by atoms with Crippen molar-refractivity contribution < 1.29 is 14.4 Å².